The van der Waals surface area contributed by atoms with Crippen molar-refractivity contribution in [2.24, 2.45) is 0 Å². The number of alkyl halides is 1. The summed E-state index contributed by atoms with van der Waals surface area (Å²) in [5.74, 6) is -3.26. The van der Waals surface area contributed by atoms with Gasteiger partial charge in [-0.15, -0.1) is 0 Å². The Morgan fingerprint density at radius 3 is 2.65 bits per heavy atom. The van der Waals surface area contributed by atoms with Crippen molar-refractivity contribution in [2.75, 3.05) is 13.1 Å². The molecule has 1 saturated heterocycles. The Morgan fingerprint density at radius 2 is 1.89 bits per heavy atom. The minimum atomic E-state index is -1.30. The number of halogens is 3. The van der Waals surface area contributed by atoms with Crippen LogP contribution < -0.4 is 15.5 Å². The van der Waals surface area contributed by atoms with Crippen LogP contribution in [-0.2, 0) is 13.2 Å². The van der Waals surface area contributed by atoms with Crippen LogP contribution in [0.25, 0.3) is 0 Å². The van der Waals surface area contributed by atoms with Crippen molar-refractivity contribution in [1.82, 2.24) is 14.8 Å². The van der Waals surface area contributed by atoms with Crippen LogP contribution in [-0.4, -0.2) is 40.5 Å². The van der Waals surface area contributed by atoms with E-state index in [4.69, 9.17) is 4.74 Å². The number of amides is 2. The molecule has 1 aromatic heterocycles. The molecule has 2 amide bonds. The highest BCUT2D eigenvalue weighted by atomic mass is 19.1. The second-order valence-electron chi connectivity index (χ2n) is 9.13. The molecule has 10 heteroatoms. The molecule has 2 aliphatic heterocycles. The highest BCUT2D eigenvalue weighted by Gasteiger charge is 2.41. The fourth-order valence-corrected chi connectivity index (χ4v) is 4.74. The number of hydrogen-bond donors (Lipinski definition) is 1. The zero-order valence-electron chi connectivity index (χ0n) is 19.8. The van der Waals surface area contributed by atoms with Crippen LogP contribution in [0, 0.1) is 11.6 Å². The number of nitrogens with one attached hydrogen (secondary N) is 1. The van der Waals surface area contributed by atoms with E-state index in [0.717, 1.165) is 11.6 Å². The Kier molecular flexibility index (Phi) is 6.73. The molecule has 37 heavy (non-hydrogen) atoms. The van der Waals surface area contributed by atoms with Crippen molar-refractivity contribution < 1.29 is 27.5 Å². The fourth-order valence-electron chi connectivity index (χ4n) is 4.74. The molecule has 5 rings (SSSR count). The molecule has 7 nitrogen and oxygen atoms in total. The topological polar surface area (TPSA) is 80.6 Å². The highest BCUT2D eigenvalue weighted by Crippen LogP contribution is 2.34. The van der Waals surface area contributed by atoms with E-state index in [1.165, 1.54) is 21.7 Å². The van der Waals surface area contributed by atoms with E-state index >= 15 is 4.39 Å². The summed E-state index contributed by atoms with van der Waals surface area (Å²) < 4.78 is 49.6. The maximum Gasteiger partial charge on any atom is 0.274 e. The second kappa shape index (κ2) is 10.1. The average molecular weight is 512 g/mol. The monoisotopic (exact) mass is 511 g/mol. The average Bonchev–Trinajstić information content (AvgIpc) is 3.06. The van der Waals surface area contributed by atoms with Gasteiger partial charge in [-0.2, -0.15) is 0 Å². The Bertz CT molecular complexity index is 1410. The molecule has 0 radical (unpaired) electrons. The number of nitrogens with zero attached hydrogens (tertiary/aromatic N) is 2. The number of pyridine rings is 1. The summed E-state index contributed by atoms with van der Waals surface area (Å²) in [4.78, 5) is 41.4. The zero-order valence-corrected chi connectivity index (χ0v) is 19.8. The van der Waals surface area contributed by atoms with Gasteiger partial charge in [0.05, 0.1) is 6.04 Å². The predicted molar refractivity (Wildman–Crippen MR) is 128 cm³/mol. The lowest BCUT2D eigenvalue weighted by Crippen LogP contribution is -2.46. The number of hydrogen-bond acceptors (Lipinski definition) is 4. The molecule has 0 unspecified atom stereocenters. The van der Waals surface area contributed by atoms with Gasteiger partial charge >= 0.3 is 0 Å². The third kappa shape index (κ3) is 4.83. The lowest BCUT2D eigenvalue weighted by atomic mass is 10.0. The number of aromatic nitrogens is 1. The molecular formula is C27H24F3N3O4. The van der Waals surface area contributed by atoms with Gasteiger partial charge in [-0.3, -0.25) is 14.4 Å². The van der Waals surface area contributed by atoms with Crippen molar-refractivity contribution in [1.29, 1.82) is 0 Å². The molecule has 2 atom stereocenters. The lowest BCUT2D eigenvalue weighted by Gasteiger charge is -2.35. The molecular weight excluding hydrogens is 487 g/mol. The molecule has 2 aromatic carbocycles. The molecule has 0 aliphatic carbocycles. The third-order valence-electron chi connectivity index (χ3n) is 6.70. The predicted octanol–water partition coefficient (Wildman–Crippen LogP) is 3.76. The molecule has 2 aliphatic rings. The first-order valence-electron chi connectivity index (χ1n) is 11.9. The van der Waals surface area contributed by atoms with Crippen molar-refractivity contribution >= 4 is 11.8 Å². The van der Waals surface area contributed by atoms with E-state index in [9.17, 15) is 23.2 Å². The quantitative estimate of drug-likeness (QED) is 0.547. The van der Waals surface area contributed by atoms with Gasteiger partial charge in [-0.05, 0) is 24.5 Å². The van der Waals surface area contributed by atoms with Crippen LogP contribution >= 0.6 is 0 Å². The molecule has 2 bridgehead atoms. The van der Waals surface area contributed by atoms with Gasteiger partial charge in [0.15, 0.2) is 11.4 Å². The van der Waals surface area contributed by atoms with Crippen LogP contribution in [0.4, 0.5) is 13.2 Å². The van der Waals surface area contributed by atoms with E-state index in [-0.39, 0.29) is 48.7 Å². The van der Waals surface area contributed by atoms with Crippen molar-refractivity contribution in [3.63, 3.8) is 0 Å². The van der Waals surface area contributed by atoms with E-state index in [1.54, 1.807) is 24.3 Å². The standard InChI is InChI=1S/C27H24F3N3O4/c28-18-9-8-17(21(30)11-18)12-31-26(35)19-13-33-22-14-32(10-4-7-20(22)29)27(36)23(33)25(24(19)34)37-15-16-5-2-1-3-6-16/h1-3,5-6,8-9,11,13,20,22H,4,7,10,12,14-15H2,(H,31,35)/t20-,22+/m1/s1. The van der Waals surface area contributed by atoms with Gasteiger partial charge in [0, 0.05) is 37.5 Å². The van der Waals surface area contributed by atoms with Crippen LogP contribution in [0.5, 0.6) is 5.75 Å². The molecule has 0 spiro atoms. The normalized spacial score (nSPS) is 18.7. The maximum absolute atomic E-state index is 15.1. The summed E-state index contributed by atoms with van der Waals surface area (Å²) in [6.45, 7) is 0.101. The first kappa shape index (κ1) is 24.6. The summed E-state index contributed by atoms with van der Waals surface area (Å²) in [5, 5.41) is 2.46. The molecule has 3 aromatic rings. The number of ether oxygens (including phenoxy) is 1. The Balaban J connectivity index is 1.54. The van der Waals surface area contributed by atoms with E-state index < -0.39 is 41.1 Å². The van der Waals surface area contributed by atoms with Crippen molar-refractivity contribution in [3.05, 3.63) is 99.0 Å². The van der Waals surface area contributed by atoms with E-state index in [1.807, 2.05) is 6.07 Å². The SMILES string of the molecule is O=C(NCc1ccc(F)cc1F)c1cn2c(c(OCc3ccccc3)c1=O)C(=O)N1CCC[C@@H](F)[C@@H]2C1. The first-order chi connectivity index (χ1) is 17.8. The van der Waals surface area contributed by atoms with Gasteiger partial charge < -0.3 is 19.5 Å². The fraction of sp³-hybridized carbons (Fsp3) is 0.296. The van der Waals surface area contributed by atoms with Gasteiger partial charge in [0.1, 0.15) is 30.0 Å². The van der Waals surface area contributed by atoms with Crippen LogP contribution in [0.15, 0.2) is 59.5 Å². The van der Waals surface area contributed by atoms with Crippen LogP contribution in [0.3, 0.4) is 0 Å². The van der Waals surface area contributed by atoms with Crippen LogP contribution in [0.1, 0.15) is 50.9 Å². The number of fused-ring (bicyclic) bond motifs is 4. The molecule has 1 fully saturated rings. The zero-order chi connectivity index (χ0) is 26.1. The molecule has 0 saturated carbocycles. The second-order valence-corrected chi connectivity index (χ2v) is 9.13. The lowest BCUT2D eigenvalue weighted by molar-refractivity contribution is 0.0641. The number of carbonyl (C=O) groups is 2. The Morgan fingerprint density at radius 1 is 1.11 bits per heavy atom. The molecule has 192 valence electrons. The largest absolute Gasteiger partial charge is 0.483 e. The van der Waals surface area contributed by atoms with Crippen molar-refractivity contribution in [3.8, 4) is 5.75 Å². The Hall–Kier alpha value is -4.08. The van der Waals surface area contributed by atoms with Gasteiger partial charge in [0.2, 0.25) is 5.43 Å². The molecule has 3 heterocycles. The van der Waals surface area contributed by atoms with Crippen molar-refractivity contribution in [2.45, 2.75) is 38.2 Å². The summed E-state index contributed by atoms with van der Waals surface area (Å²) in [6, 6.07) is 11.1. The third-order valence-corrected chi connectivity index (χ3v) is 6.70. The van der Waals surface area contributed by atoms with Gasteiger partial charge in [-0.1, -0.05) is 36.4 Å². The first-order valence-corrected chi connectivity index (χ1v) is 11.9. The number of benzene rings is 2. The summed E-state index contributed by atoms with van der Waals surface area (Å²) >= 11 is 0. The number of rotatable bonds is 6. The minimum Gasteiger partial charge on any atom is -0.483 e. The summed E-state index contributed by atoms with van der Waals surface area (Å²) in [6.07, 6.45) is 0.580. The Labute approximate surface area is 210 Å². The van der Waals surface area contributed by atoms with Gasteiger partial charge in [0.25, 0.3) is 11.8 Å². The smallest absolute Gasteiger partial charge is 0.274 e. The van der Waals surface area contributed by atoms with Crippen LogP contribution in [0.2, 0.25) is 0 Å². The number of carbonyl (C=O) groups excluding carboxylic acids is 2. The van der Waals surface area contributed by atoms with E-state index in [2.05, 4.69) is 5.32 Å². The van der Waals surface area contributed by atoms with Gasteiger partial charge in [-0.25, -0.2) is 13.2 Å². The maximum atomic E-state index is 15.1. The summed E-state index contributed by atoms with van der Waals surface area (Å²) in [5.41, 5.74) is -0.545. The minimum absolute atomic E-state index is 0.0202. The highest BCUT2D eigenvalue weighted by molar-refractivity contribution is 5.99. The summed E-state index contributed by atoms with van der Waals surface area (Å²) in [7, 11) is 0. The molecule has 1 N–H and O–H groups in total. The van der Waals surface area contributed by atoms with E-state index in [0.29, 0.717) is 19.0 Å².